The summed E-state index contributed by atoms with van der Waals surface area (Å²) < 4.78 is 0. The van der Waals surface area contributed by atoms with Crippen molar-refractivity contribution in [2.45, 2.75) is 39.4 Å². The van der Waals surface area contributed by atoms with Gasteiger partial charge in [0, 0.05) is 19.1 Å². The highest BCUT2D eigenvalue weighted by Gasteiger charge is 2.14. The van der Waals surface area contributed by atoms with Gasteiger partial charge < -0.3 is 16.4 Å². The Balaban J connectivity index is 2.47. The minimum Gasteiger partial charge on any atom is -0.345 e. The fourth-order valence-electron chi connectivity index (χ4n) is 1.52. The molecule has 1 atom stereocenters. The van der Waals surface area contributed by atoms with Gasteiger partial charge in [0.25, 0.3) is 0 Å². The molecule has 0 aliphatic carbocycles. The SMILES string of the molecule is CCC(C)NC(=O)C(=O)NCc1cccc(CN)c1. The molecule has 1 aromatic carbocycles. The number of hydrogen-bond donors (Lipinski definition) is 3. The summed E-state index contributed by atoms with van der Waals surface area (Å²) in [5.74, 6) is -1.21. The van der Waals surface area contributed by atoms with Gasteiger partial charge in [0.2, 0.25) is 0 Å². The molecule has 0 fully saturated rings. The third-order valence-electron chi connectivity index (χ3n) is 2.88. The lowest BCUT2D eigenvalue weighted by molar-refractivity contribution is -0.139. The van der Waals surface area contributed by atoms with Crippen LogP contribution < -0.4 is 16.4 Å². The van der Waals surface area contributed by atoms with Crippen molar-refractivity contribution < 1.29 is 9.59 Å². The quantitative estimate of drug-likeness (QED) is 0.683. The van der Waals surface area contributed by atoms with Gasteiger partial charge in [-0.1, -0.05) is 31.2 Å². The molecule has 1 aromatic rings. The van der Waals surface area contributed by atoms with Crippen LogP contribution in [0.15, 0.2) is 24.3 Å². The van der Waals surface area contributed by atoms with Crippen LogP contribution in [0.2, 0.25) is 0 Å². The Bertz CT molecular complexity index is 446. The molecule has 0 spiro atoms. The standard InChI is InChI=1S/C14H21N3O2/c1-3-10(2)17-14(19)13(18)16-9-12-6-4-5-11(7-12)8-15/h4-7,10H,3,8-9,15H2,1-2H3,(H,16,18)(H,17,19). The Labute approximate surface area is 113 Å². The van der Waals surface area contributed by atoms with Crippen LogP contribution in [0.4, 0.5) is 0 Å². The third kappa shape index (κ3) is 5.09. The predicted molar refractivity (Wildman–Crippen MR) is 74.1 cm³/mol. The number of nitrogens with one attached hydrogen (secondary N) is 2. The zero-order valence-electron chi connectivity index (χ0n) is 11.4. The van der Waals surface area contributed by atoms with E-state index >= 15 is 0 Å². The van der Waals surface area contributed by atoms with Crippen molar-refractivity contribution in [3.63, 3.8) is 0 Å². The average molecular weight is 263 g/mol. The average Bonchev–Trinajstić information content (AvgIpc) is 2.44. The number of carbonyl (C=O) groups excluding carboxylic acids is 2. The van der Waals surface area contributed by atoms with E-state index in [2.05, 4.69) is 10.6 Å². The number of carbonyl (C=O) groups is 2. The monoisotopic (exact) mass is 263 g/mol. The van der Waals surface area contributed by atoms with Crippen molar-refractivity contribution in [2.75, 3.05) is 0 Å². The van der Waals surface area contributed by atoms with Crippen LogP contribution in [-0.2, 0) is 22.7 Å². The molecule has 5 nitrogen and oxygen atoms in total. The van der Waals surface area contributed by atoms with Crippen molar-refractivity contribution in [3.05, 3.63) is 35.4 Å². The molecule has 0 radical (unpaired) electrons. The van der Waals surface area contributed by atoms with Gasteiger partial charge >= 0.3 is 11.8 Å². The van der Waals surface area contributed by atoms with E-state index in [1.54, 1.807) is 0 Å². The summed E-state index contributed by atoms with van der Waals surface area (Å²) in [5.41, 5.74) is 7.46. The van der Waals surface area contributed by atoms with Gasteiger partial charge in [-0.05, 0) is 24.5 Å². The summed E-state index contributed by atoms with van der Waals surface area (Å²) in [7, 11) is 0. The van der Waals surface area contributed by atoms with Gasteiger partial charge in [-0.25, -0.2) is 0 Å². The van der Waals surface area contributed by atoms with E-state index < -0.39 is 11.8 Å². The van der Waals surface area contributed by atoms with Gasteiger partial charge in [-0.15, -0.1) is 0 Å². The molecule has 1 unspecified atom stereocenters. The molecule has 0 saturated carbocycles. The Morgan fingerprint density at radius 3 is 2.58 bits per heavy atom. The maximum atomic E-state index is 11.6. The first kappa shape index (κ1) is 15.2. The number of benzene rings is 1. The first-order chi connectivity index (χ1) is 9.06. The van der Waals surface area contributed by atoms with Crippen molar-refractivity contribution >= 4 is 11.8 Å². The minimum absolute atomic E-state index is 0.00109. The molecular formula is C14H21N3O2. The molecule has 4 N–H and O–H groups in total. The second-order valence-electron chi connectivity index (χ2n) is 4.49. The molecule has 19 heavy (non-hydrogen) atoms. The maximum absolute atomic E-state index is 11.6. The molecule has 2 amide bonds. The van der Waals surface area contributed by atoms with Crippen LogP contribution in [0.3, 0.4) is 0 Å². The molecule has 104 valence electrons. The molecule has 0 heterocycles. The summed E-state index contributed by atoms with van der Waals surface area (Å²) >= 11 is 0. The minimum atomic E-state index is -0.613. The van der Waals surface area contributed by atoms with Crippen LogP contribution in [0.5, 0.6) is 0 Å². The van der Waals surface area contributed by atoms with Crippen LogP contribution in [0.1, 0.15) is 31.4 Å². The first-order valence-electron chi connectivity index (χ1n) is 6.43. The molecule has 0 saturated heterocycles. The van der Waals surface area contributed by atoms with Gasteiger partial charge in [0.1, 0.15) is 0 Å². The molecule has 1 rings (SSSR count). The normalized spacial score (nSPS) is 11.7. The highest BCUT2D eigenvalue weighted by molar-refractivity contribution is 6.35. The largest absolute Gasteiger partial charge is 0.345 e. The van der Waals surface area contributed by atoms with E-state index in [0.717, 1.165) is 17.5 Å². The van der Waals surface area contributed by atoms with E-state index in [4.69, 9.17) is 5.73 Å². The molecule has 5 heteroatoms. The summed E-state index contributed by atoms with van der Waals surface area (Å²) in [6.07, 6.45) is 0.789. The van der Waals surface area contributed by atoms with Crippen LogP contribution in [0, 0.1) is 0 Å². The lowest BCUT2D eigenvalue weighted by Gasteiger charge is -2.11. The van der Waals surface area contributed by atoms with Crippen LogP contribution >= 0.6 is 0 Å². The molecule has 0 aliphatic heterocycles. The van der Waals surface area contributed by atoms with E-state index in [-0.39, 0.29) is 6.04 Å². The third-order valence-corrected chi connectivity index (χ3v) is 2.88. The molecule has 0 bridgehead atoms. The molecule has 0 aliphatic rings. The number of rotatable bonds is 5. The Kier molecular flexibility index (Phi) is 6.02. The van der Waals surface area contributed by atoms with Crippen LogP contribution in [0.25, 0.3) is 0 Å². The zero-order valence-corrected chi connectivity index (χ0v) is 11.4. The van der Waals surface area contributed by atoms with E-state index in [1.165, 1.54) is 0 Å². The van der Waals surface area contributed by atoms with E-state index in [0.29, 0.717) is 13.1 Å². The molecule has 0 aromatic heterocycles. The number of nitrogens with two attached hydrogens (primary N) is 1. The summed E-state index contributed by atoms with van der Waals surface area (Å²) in [5, 5.41) is 5.20. The second-order valence-corrected chi connectivity index (χ2v) is 4.49. The fourth-order valence-corrected chi connectivity index (χ4v) is 1.52. The van der Waals surface area contributed by atoms with Gasteiger partial charge in [0.05, 0.1) is 0 Å². The lowest BCUT2D eigenvalue weighted by atomic mass is 10.1. The van der Waals surface area contributed by atoms with Crippen molar-refractivity contribution in [3.8, 4) is 0 Å². The van der Waals surface area contributed by atoms with Gasteiger partial charge in [-0.2, -0.15) is 0 Å². The Morgan fingerprint density at radius 1 is 1.26 bits per heavy atom. The van der Waals surface area contributed by atoms with E-state index in [9.17, 15) is 9.59 Å². The topological polar surface area (TPSA) is 84.2 Å². The lowest BCUT2D eigenvalue weighted by Crippen LogP contribution is -2.43. The maximum Gasteiger partial charge on any atom is 0.309 e. The molecular weight excluding hydrogens is 242 g/mol. The second kappa shape index (κ2) is 7.53. The fraction of sp³-hybridized carbons (Fsp3) is 0.429. The Hall–Kier alpha value is -1.88. The summed E-state index contributed by atoms with van der Waals surface area (Å²) in [4.78, 5) is 23.1. The van der Waals surface area contributed by atoms with Crippen molar-refractivity contribution in [2.24, 2.45) is 5.73 Å². The van der Waals surface area contributed by atoms with Crippen LogP contribution in [-0.4, -0.2) is 17.9 Å². The number of amides is 2. The Morgan fingerprint density at radius 2 is 1.95 bits per heavy atom. The summed E-state index contributed by atoms with van der Waals surface area (Å²) in [6.45, 7) is 4.58. The smallest absolute Gasteiger partial charge is 0.309 e. The highest BCUT2D eigenvalue weighted by Crippen LogP contribution is 2.04. The predicted octanol–water partition coefficient (Wildman–Crippen LogP) is 0.676. The first-order valence-corrected chi connectivity index (χ1v) is 6.43. The highest BCUT2D eigenvalue weighted by atomic mass is 16.2. The zero-order chi connectivity index (χ0) is 14.3. The van der Waals surface area contributed by atoms with E-state index in [1.807, 2.05) is 38.1 Å². The van der Waals surface area contributed by atoms with Crippen molar-refractivity contribution in [1.29, 1.82) is 0 Å². The summed E-state index contributed by atoms with van der Waals surface area (Å²) in [6, 6.07) is 7.58. The van der Waals surface area contributed by atoms with Gasteiger partial charge in [0.15, 0.2) is 0 Å². The van der Waals surface area contributed by atoms with Crippen molar-refractivity contribution in [1.82, 2.24) is 10.6 Å². The number of hydrogen-bond acceptors (Lipinski definition) is 3. The van der Waals surface area contributed by atoms with Gasteiger partial charge in [-0.3, -0.25) is 9.59 Å².